The minimum Gasteiger partial charge on any atom is -0.314 e. The van der Waals surface area contributed by atoms with Gasteiger partial charge < -0.3 is 5.32 Å². The molecule has 68 valence electrons. The highest BCUT2D eigenvalue weighted by atomic mass is 15.4. The summed E-state index contributed by atoms with van der Waals surface area (Å²) in [5.41, 5.74) is 1.12. The number of rotatable bonds is 3. The molecule has 0 aliphatic carbocycles. The van der Waals surface area contributed by atoms with Crippen molar-refractivity contribution in [3.63, 3.8) is 0 Å². The average molecular weight is 168 g/mol. The SMILES string of the molecule is CNC(C)(C)Cc1cn(C)nn1. The van der Waals surface area contributed by atoms with Gasteiger partial charge in [0.05, 0.1) is 5.69 Å². The van der Waals surface area contributed by atoms with Gasteiger partial charge in [-0.05, 0) is 20.9 Å². The first-order valence-corrected chi connectivity index (χ1v) is 4.07. The summed E-state index contributed by atoms with van der Waals surface area (Å²) in [6.45, 7) is 4.28. The van der Waals surface area contributed by atoms with Gasteiger partial charge in [-0.2, -0.15) is 0 Å². The molecule has 0 aliphatic heterocycles. The van der Waals surface area contributed by atoms with E-state index in [2.05, 4.69) is 29.5 Å². The Hall–Kier alpha value is -0.900. The molecular weight excluding hydrogens is 152 g/mol. The van der Waals surface area contributed by atoms with Crippen LogP contribution < -0.4 is 5.32 Å². The zero-order valence-electron chi connectivity index (χ0n) is 8.13. The molecule has 1 rings (SSSR count). The summed E-state index contributed by atoms with van der Waals surface area (Å²) in [5.74, 6) is 0. The highest BCUT2D eigenvalue weighted by Crippen LogP contribution is 2.08. The lowest BCUT2D eigenvalue weighted by Gasteiger charge is -2.22. The van der Waals surface area contributed by atoms with Crippen LogP contribution in [0.5, 0.6) is 0 Å². The summed E-state index contributed by atoms with van der Waals surface area (Å²) in [6, 6.07) is 0. The molecule has 0 fully saturated rings. The second-order valence-electron chi connectivity index (χ2n) is 3.69. The van der Waals surface area contributed by atoms with Gasteiger partial charge in [0.15, 0.2) is 0 Å². The number of likely N-dealkylation sites (N-methyl/N-ethyl adjacent to an activating group) is 1. The van der Waals surface area contributed by atoms with Gasteiger partial charge in [-0.15, -0.1) is 5.10 Å². The molecule has 0 unspecified atom stereocenters. The zero-order chi connectivity index (χ0) is 9.19. The summed E-state index contributed by atoms with van der Waals surface area (Å²) in [4.78, 5) is 0. The number of hydrogen-bond acceptors (Lipinski definition) is 3. The molecule has 0 radical (unpaired) electrons. The zero-order valence-corrected chi connectivity index (χ0v) is 8.13. The topological polar surface area (TPSA) is 42.7 Å². The largest absolute Gasteiger partial charge is 0.314 e. The Kier molecular flexibility index (Phi) is 2.47. The van der Waals surface area contributed by atoms with Gasteiger partial charge in [0.2, 0.25) is 0 Å². The van der Waals surface area contributed by atoms with E-state index in [0.29, 0.717) is 0 Å². The van der Waals surface area contributed by atoms with Crippen LogP contribution in [0.2, 0.25) is 0 Å². The first-order chi connectivity index (χ1) is 5.53. The number of nitrogens with zero attached hydrogens (tertiary/aromatic N) is 3. The fourth-order valence-corrected chi connectivity index (χ4v) is 1.02. The molecule has 4 heteroatoms. The molecule has 0 spiro atoms. The molecule has 0 aromatic carbocycles. The van der Waals surface area contributed by atoms with E-state index in [9.17, 15) is 0 Å². The van der Waals surface area contributed by atoms with Crippen molar-refractivity contribution < 1.29 is 0 Å². The Balaban J connectivity index is 2.63. The van der Waals surface area contributed by atoms with E-state index < -0.39 is 0 Å². The van der Waals surface area contributed by atoms with Gasteiger partial charge in [0.1, 0.15) is 0 Å². The molecule has 0 atom stereocenters. The predicted octanol–water partition coefficient (Wildman–Crippen LogP) is 0.356. The van der Waals surface area contributed by atoms with E-state index in [0.717, 1.165) is 12.1 Å². The Morgan fingerprint density at radius 3 is 2.67 bits per heavy atom. The van der Waals surface area contributed by atoms with E-state index in [1.807, 2.05) is 20.3 Å². The lowest BCUT2D eigenvalue weighted by atomic mass is 9.99. The van der Waals surface area contributed by atoms with Gasteiger partial charge in [-0.25, -0.2) is 0 Å². The first-order valence-electron chi connectivity index (χ1n) is 4.07. The quantitative estimate of drug-likeness (QED) is 0.708. The molecule has 4 nitrogen and oxygen atoms in total. The van der Waals surface area contributed by atoms with Crippen molar-refractivity contribution in [1.82, 2.24) is 20.3 Å². The second-order valence-corrected chi connectivity index (χ2v) is 3.69. The Bertz CT molecular complexity index is 251. The average Bonchev–Trinajstić information content (AvgIpc) is 2.35. The van der Waals surface area contributed by atoms with E-state index in [-0.39, 0.29) is 5.54 Å². The van der Waals surface area contributed by atoms with Gasteiger partial charge in [0, 0.05) is 25.2 Å². The van der Waals surface area contributed by atoms with E-state index in [1.54, 1.807) is 4.68 Å². The lowest BCUT2D eigenvalue weighted by molar-refractivity contribution is 0.417. The standard InChI is InChI=1S/C8H16N4/c1-8(2,9-3)5-7-6-12(4)11-10-7/h6,9H,5H2,1-4H3. The third kappa shape index (κ3) is 2.30. The van der Waals surface area contributed by atoms with Crippen molar-refractivity contribution in [3.05, 3.63) is 11.9 Å². The highest BCUT2D eigenvalue weighted by molar-refractivity contribution is 4.99. The maximum atomic E-state index is 4.02. The third-order valence-electron chi connectivity index (χ3n) is 1.95. The normalized spacial score (nSPS) is 12.0. The molecule has 0 saturated heterocycles. The molecule has 0 amide bonds. The van der Waals surface area contributed by atoms with Crippen molar-refractivity contribution in [1.29, 1.82) is 0 Å². The predicted molar refractivity (Wildman–Crippen MR) is 47.8 cm³/mol. The molecule has 1 heterocycles. The van der Waals surface area contributed by atoms with Crippen LogP contribution in [0, 0.1) is 0 Å². The summed E-state index contributed by atoms with van der Waals surface area (Å²) >= 11 is 0. The Labute approximate surface area is 73.0 Å². The summed E-state index contributed by atoms with van der Waals surface area (Å²) in [6.07, 6.45) is 2.84. The molecule has 1 aromatic heterocycles. The van der Waals surface area contributed by atoms with Crippen LogP contribution in [0.3, 0.4) is 0 Å². The third-order valence-corrected chi connectivity index (χ3v) is 1.95. The van der Waals surface area contributed by atoms with Crippen LogP contribution in [-0.4, -0.2) is 27.6 Å². The molecule has 0 aliphatic rings. The number of hydrogen-bond donors (Lipinski definition) is 1. The maximum absolute atomic E-state index is 4.02. The molecule has 12 heavy (non-hydrogen) atoms. The van der Waals surface area contributed by atoms with Crippen LogP contribution in [-0.2, 0) is 13.5 Å². The molecular formula is C8H16N4. The Morgan fingerprint density at radius 2 is 2.25 bits per heavy atom. The first kappa shape index (κ1) is 9.19. The summed E-state index contributed by atoms with van der Waals surface area (Å²) in [5, 5.41) is 11.1. The fraction of sp³-hybridized carbons (Fsp3) is 0.750. The van der Waals surface area contributed by atoms with E-state index >= 15 is 0 Å². The Morgan fingerprint density at radius 1 is 1.58 bits per heavy atom. The van der Waals surface area contributed by atoms with Gasteiger partial charge in [-0.1, -0.05) is 5.21 Å². The number of aromatic nitrogens is 3. The molecule has 0 bridgehead atoms. The van der Waals surface area contributed by atoms with Crippen LogP contribution in [0.4, 0.5) is 0 Å². The minimum atomic E-state index is 0.0933. The van der Waals surface area contributed by atoms with Crippen molar-refractivity contribution in [2.75, 3.05) is 7.05 Å². The van der Waals surface area contributed by atoms with Crippen LogP contribution >= 0.6 is 0 Å². The van der Waals surface area contributed by atoms with Gasteiger partial charge in [0.25, 0.3) is 0 Å². The van der Waals surface area contributed by atoms with E-state index in [1.165, 1.54) is 0 Å². The van der Waals surface area contributed by atoms with Crippen molar-refractivity contribution in [3.8, 4) is 0 Å². The monoisotopic (exact) mass is 168 g/mol. The van der Waals surface area contributed by atoms with Crippen molar-refractivity contribution >= 4 is 0 Å². The molecule has 1 aromatic rings. The number of aryl methyl sites for hydroxylation is 1. The summed E-state index contributed by atoms with van der Waals surface area (Å²) in [7, 11) is 3.83. The summed E-state index contributed by atoms with van der Waals surface area (Å²) < 4.78 is 1.72. The van der Waals surface area contributed by atoms with Crippen LogP contribution in [0.25, 0.3) is 0 Å². The van der Waals surface area contributed by atoms with Crippen molar-refractivity contribution in [2.45, 2.75) is 25.8 Å². The van der Waals surface area contributed by atoms with Crippen LogP contribution in [0.1, 0.15) is 19.5 Å². The molecule has 1 N–H and O–H groups in total. The second kappa shape index (κ2) is 3.23. The number of nitrogens with one attached hydrogen (secondary N) is 1. The van der Waals surface area contributed by atoms with Crippen LogP contribution in [0.15, 0.2) is 6.20 Å². The molecule has 0 saturated carbocycles. The highest BCUT2D eigenvalue weighted by Gasteiger charge is 2.16. The fourth-order valence-electron chi connectivity index (χ4n) is 1.02. The lowest BCUT2D eigenvalue weighted by Crippen LogP contribution is -2.38. The smallest absolute Gasteiger partial charge is 0.0845 e. The van der Waals surface area contributed by atoms with Crippen molar-refractivity contribution in [2.24, 2.45) is 7.05 Å². The minimum absolute atomic E-state index is 0.0933. The van der Waals surface area contributed by atoms with E-state index in [4.69, 9.17) is 0 Å². The van der Waals surface area contributed by atoms with Gasteiger partial charge >= 0.3 is 0 Å². The maximum Gasteiger partial charge on any atom is 0.0845 e. The van der Waals surface area contributed by atoms with Gasteiger partial charge in [-0.3, -0.25) is 4.68 Å².